The third-order valence-electron chi connectivity index (χ3n) is 4.31. The van der Waals surface area contributed by atoms with Crippen LogP contribution in [-0.4, -0.2) is 36.7 Å². The number of rotatable bonds is 9. The molecule has 168 valence electrons. The van der Waals surface area contributed by atoms with Gasteiger partial charge in [0.25, 0.3) is 17.5 Å². The summed E-state index contributed by atoms with van der Waals surface area (Å²) in [5.41, 5.74) is 3.38. The Labute approximate surface area is 189 Å². The number of anilines is 1. The maximum Gasteiger partial charge on any atom is 0.271 e. The molecule has 0 aliphatic carbocycles. The molecule has 0 aromatic heterocycles. The number of nitro benzene ring substituents is 1. The highest BCUT2D eigenvalue weighted by atomic mass is 16.6. The van der Waals surface area contributed by atoms with Gasteiger partial charge in [0.2, 0.25) is 0 Å². The summed E-state index contributed by atoms with van der Waals surface area (Å²) in [6.07, 6.45) is 1.39. The number of nitrogens with one attached hydrogen (secondary N) is 2. The standard InChI is InChI=1S/C23H20N4O6/c1-32-21-11-3-2-10-20(21)25-22(28)15-33-19-9-4-6-16(12-19)14-24-26-23(29)17-7-5-8-18(13-17)27(30)31/h2-14H,15H2,1H3,(H,25,28)(H,26,29). The molecule has 0 aliphatic rings. The highest BCUT2D eigenvalue weighted by Gasteiger charge is 2.11. The third-order valence-corrected chi connectivity index (χ3v) is 4.31. The van der Waals surface area contributed by atoms with Gasteiger partial charge in [0, 0.05) is 17.7 Å². The molecular formula is C23H20N4O6. The van der Waals surface area contributed by atoms with Crippen LogP contribution in [0.2, 0.25) is 0 Å². The molecule has 0 spiro atoms. The summed E-state index contributed by atoms with van der Waals surface area (Å²) < 4.78 is 10.7. The highest BCUT2D eigenvalue weighted by Crippen LogP contribution is 2.23. The van der Waals surface area contributed by atoms with Crippen LogP contribution in [0.5, 0.6) is 11.5 Å². The van der Waals surface area contributed by atoms with Crippen molar-refractivity contribution in [2.75, 3.05) is 19.0 Å². The molecule has 0 saturated heterocycles. The summed E-state index contributed by atoms with van der Waals surface area (Å²) in [5.74, 6) is 0.0218. The van der Waals surface area contributed by atoms with Gasteiger partial charge >= 0.3 is 0 Å². The number of benzene rings is 3. The molecule has 0 unspecified atom stereocenters. The van der Waals surface area contributed by atoms with Crippen LogP contribution in [0.4, 0.5) is 11.4 Å². The lowest BCUT2D eigenvalue weighted by Gasteiger charge is -2.10. The third kappa shape index (κ3) is 6.62. The number of hydrazone groups is 1. The Bertz CT molecular complexity index is 1190. The molecule has 0 heterocycles. The van der Waals surface area contributed by atoms with Gasteiger partial charge in [-0.25, -0.2) is 5.43 Å². The Hall–Kier alpha value is -4.73. The van der Waals surface area contributed by atoms with Crippen molar-refractivity contribution >= 4 is 29.4 Å². The fraction of sp³-hybridized carbons (Fsp3) is 0.0870. The number of ether oxygens (including phenoxy) is 2. The van der Waals surface area contributed by atoms with Gasteiger partial charge in [-0.1, -0.05) is 30.3 Å². The van der Waals surface area contributed by atoms with Crippen LogP contribution < -0.4 is 20.2 Å². The largest absolute Gasteiger partial charge is 0.495 e. The van der Waals surface area contributed by atoms with E-state index in [0.29, 0.717) is 22.7 Å². The Morgan fingerprint density at radius 2 is 1.85 bits per heavy atom. The predicted molar refractivity (Wildman–Crippen MR) is 122 cm³/mol. The van der Waals surface area contributed by atoms with Crippen LogP contribution in [0.1, 0.15) is 15.9 Å². The molecule has 3 aromatic carbocycles. The second-order valence-corrected chi connectivity index (χ2v) is 6.62. The van der Waals surface area contributed by atoms with Gasteiger partial charge in [0.15, 0.2) is 6.61 Å². The predicted octanol–water partition coefficient (Wildman–Crippen LogP) is 3.38. The second-order valence-electron chi connectivity index (χ2n) is 6.62. The van der Waals surface area contributed by atoms with Crippen LogP contribution in [0.3, 0.4) is 0 Å². The lowest BCUT2D eigenvalue weighted by molar-refractivity contribution is -0.384. The molecule has 3 aromatic rings. The molecular weight excluding hydrogens is 428 g/mol. The van der Waals surface area contributed by atoms with Crippen LogP contribution >= 0.6 is 0 Å². The molecule has 33 heavy (non-hydrogen) atoms. The van der Waals surface area contributed by atoms with Crippen LogP contribution in [0.25, 0.3) is 0 Å². The zero-order valence-electron chi connectivity index (χ0n) is 17.6. The molecule has 10 heteroatoms. The Morgan fingerprint density at radius 3 is 2.64 bits per heavy atom. The number of para-hydroxylation sites is 2. The molecule has 10 nitrogen and oxygen atoms in total. The Morgan fingerprint density at radius 1 is 1.06 bits per heavy atom. The first kappa shape index (κ1) is 22.9. The van der Waals surface area contributed by atoms with Gasteiger partial charge in [-0.3, -0.25) is 19.7 Å². The van der Waals surface area contributed by atoms with Crippen LogP contribution in [0, 0.1) is 10.1 Å². The molecule has 0 atom stereocenters. The number of hydrogen-bond donors (Lipinski definition) is 2. The van der Waals surface area contributed by atoms with E-state index in [4.69, 9.17) is 9.47 Å². The van der Waals surface area contributed by atoms with Crippen molar-refractivity contribution in [1.82, 2.24) is 5.43 Å². The lowest BCUT2D eigenvalue weighted by Crippen LogP contribution is -2.20. The zero-order valence-corrected chi connectivity index (χ0v) is 17.6. The summed E-state index contributed by atoms with van der Waals surface area (Å²) in [5, 5.41) is 17.4. The Balaban J connectivity index is 1.54. The van der Waals surface area contributed by atoms with Crippen molar-refractivity contribution < 1.29 is 24.0 Å². The topological polar surface area (TPSA) is 132 Å². The number of carbonyl (C=O) groups is 2. The van der Waals surface area contributed by atoms with E-state index in [0.717, 1.165) is 6.07 Å². The molecule has 3 rings (SSSR count). The van der Waals surface area contributed by atoms with E-state index in [2.05, 4.69) is 15.8 Å². The first-order valence-electron chi connectivity index (χ1n) is 9.70. The second kappa shape index (κ2) is 11.0. The van der Waals surface area contributed by atoms with E-state index in [1.165, 1.54) is 31.5 Å². The Kier molecular flexibility index (Phi) is 7.68. The monoisotopic (exact) mass is 448 g/mol. The van der Waals surface area contributed by atoms with Crippen molar-refractivity contribution in [2.45, 2.75) is 0 Å². The summed E-state index contributed by atoms with van der Waals surface area (Å²) in [6.45, 7) is -0.220. The zero-order chi connectivity index (χ0) is 23.6. The number of carbonyl (C=O) groups excluding carboxylic acids is 2. The smallest absolute Gasteiger partial charge is 0.271 e. The van der Waals surface area contributed by atoms with E-state index >= 15 is 0 Å². The van der Waals surface area contributed by atoms with E-state index in [-0.39, 0.29) is 23.8 Å². The first-order valence-corrected chi connectivity index (χ1v) is 9.70. The summed E-state index contributed by atoms with van der Waals surface area (Å²) in [7, 11) is 1.51. The normalized spacial score (nSPS) is 10.5. The van der Waals surface area contributed by atoms with Gasteiger partial charge in [-0.15, -0.1) is 0 Å². The number of non-ortho nitro benzene ring substituents is 1. The quantitative estimate of drug-likeness (QED) is 0.293. The van der Waals surface area contributed by atoms with E-state index in [9.17, 15) is 19.7 Å². The SMILES string of the molecule is COc1ccccc1NC(=O)COc1cccc(C=NNC(=O)c2cccc([N+](=O)[O-])c2)c1. The van der Waals surface area contributed by atoms with E-state index in [1.54, 1.807) is 48.5 Å². The number of nitrogens with zero attached hydrogens (tertiary/aromatic N) is 2. The van der Waals surface area contributed by atoms with Gasteiger partial charge in [0.1, 0.15) is 11.5 Å². The van der Waals surface area contributed by atoms with Crippen molar-refractivity contribution in [1.29, 1.82) is 0 Å². The average Bonchev–Trinajstić information content (AvgIpc) is 2.83. The molecule has 0 radical (unpaired) electrons. The van der Waals surface area contributed by atoms with Crippen molar-refractivity contribution in [3.05, 3.63) is 94.0 Å². The molecule has 0 bridgehead atoms. The number of hydrogen-bond acceptors (Lipinski definition) is 7. The summed E-state index contributed by atoms with van der Waals surface area (Å²) in [4.78, 5) is 34.5. The van der Waals surface area contributed by atoms with Gasteiger partial charge < -0.3 is 14.8 Å². The molecule has 2 amide bonds. The minimum absolute atomic E-state index is 0.111. The molecule has 0 aliphatic heterocycles. The first-order chi connectivity index (χ1) is 16.0. The van der Waals surface area contributed by atoms with Crippen molar-refractivity contribution in [2.24, 2.45) is 5.10 Å². The fourth-order valence-electron chi connectivity index (χ4n) is 2.76. The van der Waals surface area contributed by atoms with Crippen molar-refractivity contribution in [3.8, 4) is 11.5 Å². The minimum Gasteiger partial charge on any atom is -0.495 e. The molecule has 0 saturated carbocycles. The van der Waals surface area contributed by atoms with Gasteiger partial charge in [-0.2, -0.15) is 5.10 Å². The maximum absolute atomic E-state index is 12.2. The fourth-order valence-corrected chi connectivity index (χ4v) is 2.76. The average molecular weight is 448 g/mol. The molecule has 0 fully saturated rings. The summed E-state index contributed by atoms with van der Waals surface area (Å²) in [6, 6.07) is 19.1. The van der Waals surface area contributed by atoms with E-state index < -0.39 is 10.8 Å². The number of nitro groups is 1. The van der Waals surface area contributed by atoms with Crippen LogP contribution in [0.15, 0.2) is 77.9 Å². The number of methoxy groups -OCH3 is 1. The lowest BCUT2D eigenvalue weighted by atomic mass is 10.2. The highest BCUT2D eigenvalue weighted by molar-refractivity contribution is 5.95. The van der Waals surface area contributed by atoms with Gasteiger partial charge in [-0.05, 0) is 35.9 Å². The summed E-state index contributed by atoms with van der Waals surface area (Å²) >= 11 is 0. The van der Waals surface area contributed by atoms with E-state index in [1.807, 2.05) is 0 Å². The minimum atomic E-state index is -0.588. The maximum atomic E-state index is 12.2. The van der Waals surface area contributed by atoms with Crippen LogP contribution in [-0.2, 0) is 4.79 Å². The van der Waals surface area contributed by atoms with Gasteiger partial charge in [0.05, 0.1) is 23.9 Å². The molecule has 2 N–H and O–H groups in total. The number of amides is 2. The van der Waals surface area contributed by atoms with Crippen molar-refractivity contribution in [3.63, 3.8) is 0 Å².